The lowest BCUT2D eigenvalue weighted by Crippen LogP contribution is -2.41. The van der Waals surface area contributed by atoms with Crippen molar-refractivity contribution in [3.05, 3.63) is 59.2 Å². The van der Waals surface area contributed by atoms with E-state index < -0.39 is 5.91 Å². The van der Waals surface area contributed by atoms with Gasteiger partial charge in [0.1, 0.15) is 13.2 Å². The first-order valence-corrected chi connectivity index (χ1v) is 8.66. The van der Waals surface area contributed by atoms with Crippen LogP contribution in [-0.4, -0.2) is 25.0 Å². The van der Waals surface area contributed by atoms with Gasteiger partial charge >= 0.3 is 0 Å². The van der Waals surface area contributed by atoms with E-state index in [0.717, 1.165) is 12.8 Å². The first-order chi connectivity index (χ1) is 12.6. The first kappa shape index (κ1) is 17.8. The van der Waals surface area contributed by atoms with Gasteiger partial charge in [-0.25, -0.2) is 0 Å². The Balaban J connectivity index is 1.42. The van der Waals surface area contributed by atoms with Crippen LogP contribution in [0.15, 0.2) is 42.5 Å². The molecule has 1 aliphatic rings. The number of carbonyl (C=O) groups excluding carboxylic acids is 2. The van der Waals surface area contributed by atoms with E-state index in [4.69, 9.17) is 9.47 Å². The third-order valence-corrected chi connectivity index (χ3v) is 4.11. The summed E-state index contributed by atoms with van der Waals surface area (Å²) in [4.78, 5) is 24.0. The summed E-state index contributed by atoms with van der Waals surface area (Å²) in [7, 11) is 0. The van der Waals surface area contributed by atoms with Crippen LogP contribution in [0.4, 0.5) is 0 Å². The molecule has 0 fully saturated rings. The monoisotopic (exact) mass is 354 g/mol. The van der Waals surface area contributed by atoms with Crippen LogP contribution in [0.5, 0.6) is 11.5 Å². The van der Waals surface area contributed by atoms with Crippen molar-refractivity contribution in [3.63, 3.8) is 0 Å². The molecule has 6 nitrogen and oxygen atoms in total. The minimum absolute atomic E-state index is 0.219. The van der Waals surface area contributed by atoms with Gasteiger partial charge < -0.3 is 9.47 Å². The van der Waals surface area contributed by atoms with Crippen LogP contribution in [0.1, 0.15) is 34.3 Å². The molecule has 3 rings (SSSR count). The lowest BCUT2D eigenvalue weighted by atomic mass is 10.1. The summed E-state index contributed by atoms with van der Waals surface area (Å²) in [5, 5.41) is 0. The Morgan fingerprint density at radius 2 is 1.69 bits per heavy atom. The van der Waals surface area contributed by atoms with Crippen LogP contribution in [0.25, 0.3) is 0 Å². The van der Waals surface area contributed by atoms with E-state index in [2.05, 4.69) is 35.1 Å². The molecule has 1 aliphatic heterocycles. The number of rotatable bonds is 5. The van der Waals surface area contributed by atoms with E-state index in [-0.39, 0.29) is 5.91 Å². The number of amides is 2. The van der Waals surface area contributed by atoms with E-state index >= 15 is 0 Å². The number of carbonyl (C=O) groups is 2. The van der Waals surface area contributed by atoms with E-state index in [1.807, 2.05) is 6.92 Å². The quantitative estimate of drug-likeness (QED) is 0.809. The number of hydrazine groups is 1. The zero-order valence-corrected chi connectivity index (χ0v) is 14.7. The Labute approximate surface area is 152 Å². The van der Waals surface area contributed by atoms with Crippen molar-refractivity contribution in [2.24, 2.45) is 0 Å². The second kappa shape index (κ2) is 8.38. The highest BCUT2D eigenvalue weighted by atomic mass is 16.6. The number of aryl methyl sites for hydroxylation is 2. The molecule has 2 aromatic rings. The Kier molecular flexibility index (Phi) is 5.73. The molecule has 2 N–H and O–H groups in total. The average Bonchev–Trinajstić information content (AvgIpc) is 2.67. The molecule has 0 aliphatic carbocycles. The normalized spacial score (nSPS) is 12.3. The number of nitrogens with one attached hydrogen (secondary N) is 2. The Bertz CT molecular complexity index is 787. The predicted molar refractivity (Wildman–Crippen MR) is 97.2 cm³/mol. The zero-order valence-electron chi connectivity index (χ0n) is 14.7. The molecule has 2 aromatic carbocycles. The van der Waals surface area contributed by atoms with Gasteiger partial charge in [-0.2, -0.15) is 0 Å². The fraction of sp³-hybridized carbons (Fsp3) is 0.300. The molecule has 6 heteroatoms. The summed E-state index contributed by atoms with van der Waals surface area (Å²) in [6.45, 7) is 2.99. The Morgan fingerprint density at radius 3 is 2.46 bits per heavy atom. The van der Waals surface area contributed by atoms with Gasteiger partial charge in [0.05, 0.1) is 0 Å². The molecule has 0 bridgehead atoms. The van der Waals surface area contributed by atoms with Gasteiger partial charge in [-0.15, -0.1) is 0 Å². The second-order valence-electron chi connectivity index (χ2n) is 6.20. The predicted octanol–water partition coefficient (Wildman–Crippen LogP) is 2.55. The molecule has 26 heavy (non-hydrogen) atoms. The van der Waals surface area contributed by atoms with Gasteiger partial charge in [-0.05, 0) is 43.5 Å². The molecule has 0 unspecified atom stereocenters. The fourth-order valence-corrected chi connectivity index (χ4v) is 2.65. The highest BCUT2D eigenvalue weighted by molar-refractivity contribution is 5.96. The molecule has 1 heterocycles. The van der Waals surface area contributed by atoms with Crippen molar-refractivity contribution in [1.82, 2.24) is 10.9 Å². The number of fused-ring (bicyclic) bond motifs is 1. The third-order valence-electron chi connectivity index (χ3n) is 4.11. The van der Waals surface area contributed by atoms with Crippen LogP contribution >= 0.6 is 0 Å². The standard InChI is InChI=1S/C20H22N2O4/c1-14-5-7-15(8-6-14)3-2-4-19(23)21-22-20(24)16-9-10-17-18(13-16)26-12-11-25-17/h5-10,13H,2-4,11-12H2,1H3,(H,21,23)(H,22,24). The summed E-state index contributed by atoms with van der Waals surface area (Å²) in [5.41, 5.74) is 7.68. The van der Waals surface area contributed by atoms with Crippen LogP contribution in [-0.2, 0) is 11.2 Å². The third kappa shape index (κ3) is 4.75. The van der Waals surface area contributed by atoms with E-state index in [1.165, 1.54) is 11.1 Å². The molecule has 0 saturated carbocycles. The van der Waals surface area contributed by atoms with Gasteiger partial charge in [0.25, 0.3) is 5.91 Å². The van der Waals surface area contributed by atoms with Gasteiger partial charge in [-0.3, -0.25) is 20.4 Å². The Hall–Kier alpha value is -3.02. The summed E-state index contributed by atoms with van der Waals surface area (Å²) in [6.07, 6.45) is 1.88. The topological polar surface area (TPSA) is 76.7 Å². The minimum atomic E-state index is -0.395. The van der Waals surface area contributed by atoms with Crippen molar-refractivity contribution >= 4 is 11.8 Å². The minimum Gasteiger partial charge on any atom is -0.486 e. The lowest BCUT2D eigenvalue weighted by Gasteiger charge is -2.18. The maximum atomic E-state index is 12.1. The number of hydrogen-bond acceptors (Lipinski definition) is 4. The second-order valence-corrected chi connectivity index (χ2v) is 6.20. The zero-order chi connectivity index (χ0) is 18.4. The highest BCUT2D eigenvalue weighted by Gasteiger charge is 2.15. The molecule has 0 aromatic heterocycles. The fourth-order valence-electron chi connectivity index (χ4n) is 2.65. The van der Waals surface area contributed by atoms with Gasteiger partial charge in [-0.1, -0.05) is 29.8 Å². The molecule has 0 radical (unpaired) electrons. The molecule has 0 atom stereocenters. The average molecular weight is 354 g/mol. The molecule has 136 valence electrons. The summed E-state index contributed by atoms with van der Waals surface area (Å²) in [6, 6.07) is 13.2. The number of hydrogen-bond donors (Lipinski definition) is 2. The van der Waals surface area contributed by atoms with E-state index in [9.17, 15) is 9.59 Å². The van der Waals surface area contributed by atoms with Crippen molar-refractivity contribution in [2.45, 2.75) is 26.2 Å². The lowest BCUT2D eigenvalue weighted by molar-refractivity contribution is -0.121. The first-order valence-electron chi connectivity index (χ1n) is 8.66. The number of ether oxygens (including phenoxy) is 2. The van der Waals surface area contributed by atoms with E-state index in [1.54, 1.807) is 18.2 Å². The molecule has 0 saturated heterocycles. The Morgan fingerprint density at radius 1 is 0.962 bits per heavy atom. The smallest absolute Gasteiger partial charge is 0.269 e. The maximum absolute atomic E-state index is 12.1. The SMILES string of the molecule is Cc1ccc(CCCC(=O)NNC(=O)c2ccc3c(c2)OCCO3)cc1. The van der Waals surface area contributed by atoms with Gasteiger partial charge in [0.2, 0.25) is 5.91 Å². The van der Waals surface area contributed by atoms with Crippen molar-refractivity contribution in [2.75, 3.05) is 13.2 Å². The summed E-state index contributed by atoms with van der Waals surface area (Å²) in [5.74, 6) is 0.540. The van der Waals surface area contributed by atoms with Crippen LogP contribution in [0.3, 0.4) is 0 Å². The summed E-state index contributed by atoms with van der Waals surface area (Å²) < 4.78 is 10.9. The molecular formula is C20H22N2O4. The van der Waals surface area contributed by atoms with Crippen LogP contribution in [0, 0.1) is 6.92 Å². The van der Waals surface area contributed by atoms with Crippen LogP contribution in [0.2, 0.25) is 0 Å². The van der Waals surface area contributed by atoms with Crippen molar-refractivity contribution in [1.29, 1.82) is 0 Å². The van der Waals surface area contributed by atoms with Crippen molar-refractivity contribution < 1.29 is 19.1 Å². The number of benzene rings is 2. The van der Waals surface area contributed by atoms with Gasteiger partial charge in [0.15, 0.2) is 11.5 Å². The van der Waals surface area contributed by atoms with E-state index in [0.29, 0.717) is 36.7 Å². The maximum Gasteiger partial charge on any atom is 0.269 e. The van der Waals surface area contributed by atoms with Gasteiger partial charge in [0, 0.05) is 12.0 Å². The molecular weight excluding hydrogens is 332 g/mol. The largest absolute Gasteiger partial charge is 0.486 e. The molecule has 2 amide bonds. The highest BCUT2D eigenvalue weighted by Crippen LogP contribution is 2.30. The molecule has 0 spiro atoms. The van der Waals surface area contributed by atoms with Crippen LogP contribution < -0.4 is 20.3 Å². The van der Waals surface area contributed by atoms with Crippen molar-refractivity contribution in [3.8, 4) is 11.5 Å². The summed E-state index contributed by atoms with van der Waals surface area (Å²) >= 11 is 0.